The summed E-state index contributed by atoms with van der Waals surface area (Å²) in [5, 5.41) is 15.8. The van der Waals surface area contributed by atoms with Crippen LogP contribution in [0.25, 0.3) is 0 Å². The van der Waals surface area contributed by atoms with Crippen molar-refractivity contribution in [3.8, 4) is 0 Å². The first-order valence-corrected chi connectivity index (χ1v) is 7.87. The molecule has 6 heteroatoms. The van der Waals surface area contributed by atoms with E-state index < -0.39 is 11.0 Å². The Hall–Kier alpha value is -1.82. The van der Waals surface area contributed by atoms with Gasteiger partial charge >= 0.3 is 0 Å². The van der Waals surface area contributed by atoms with Crippen molar-refractivity contribution in [2.75, 3.05) is 13.1 Å². The molecule has 1 rings (SSSR count). The molecule has 0 radical (unpaired) electrons. The lowest BCUT2D eigenvalue weighted by Gasteiger charge is -2.21. The molecular formula is C17H28N2O4. The van der Waals surface area contributed by atoms with Crippen molar-refractivity contribution in [1.29, 1.82) is 0 Å². The molecule has 3 N–H and O–H groups in total. The normalized spacial score (nSPS) is 14.2. The van der Waals surface area contributed by atoms with E-state index in [1.165, 1.54) is 0 Å². The summed E-state index contributed by atoms with van der Waals surface area (Å²) in [6.45, 7) is 9.44. The molecule has 1 unspecified atom stereocenters. The first kappa shape index (κ1) is 19.2. The Bertz CT molecular complexity index is 541. The molecule has 0 bridgehead atoms. The van der Waals surface area contributed by atoms with Crippen molar-refractivity contribution in [3.05, 3.63) is 23.7 Å². The Morgan fingerprint density at radius 3 is 2.35 bits per heavy atom. The van der Waals surface area contributed by atoms with Gasteiger partial charge in [-0.2, -0.15) is 0 Å². The van der Waals surface area contributed by atoms with Crippen molar-refractivity contribution in [2.24, 2.45) is 5.41 Å². The smallest absolute Gasteiger partial charge is 0.225 e. The van der Waals surface area contributed by atoms with Crippen LogP contribution in [0.15, 0.2) is 16.5 Å². The summed E-state index contributed by atoms with van der Waals surface area (Å²) in [5.74, 6) is 0.932. The van der Waals surface area contributed by atoms with Crippen molar-refractivity contribution >= 4 is 11.8 Å². The first-order valence-electron chi connectivity index (χ1n) is 7.87. The fourth-order valence-corrected chi connectivity index (χ4v) is 1.89. The minimum Gasteiger partial charge on any atom is -0.463 e. The van der Waals surface area contributed by atoms with Crippen LogP contribution in [0.2, 0.25) is 0 Å². The summed E-state index contributed by atoms with van der Waals surface area (Å²) in [4.78, 5) is 23.5. The van der Waals surface area contributed by atoms with Gasteiger partial charge in [-0.3, -0.25) is 9.59 Å². The second kappa shape index (κ2) is 7.64. The number of carbonyl (C=O) groups is 2. The predicted molar refractivity (Wildman–Crippen MR) is 87.7 cm³/mol. The molecule has 6 nitrogen and oxygen atoms in total. The number of hydrogen-bond acceptors (Lipinski definition) is 4. The van der Waals surface area contributed by atoms with Crippen LogP contribution in [0.4, 0.5) is 0 Å². The highest BCUT2D eigenvalue weighted by molar-refractivity contribution is 5.81. The van der Waals surface area contributed by atoms with Gasteiger partial charge in [-0.15, -0.1) is 0 Å². The van der Waals surface area contributed by atoms with Gasteiger partial charge in [-0.1, -0.05) is 20.8 Å². The van der Waals surface area contributed by atoms with E-state index in [9.17, 15) is 14.7 Å². The lowest BCUT2D eigenvalue weighted by molar-refractivity contribution is -0.128. The summed E-state index contributed by atoms with van der Waals surface area (Å²) >= 11 is 0. The summed E-state index contributed by atoms with van der Waals surface area (Å²) < 4.78 is 5.39. The van der Waals surface area contributed by atoms with E-state index in [1.54, 1.807) is 26.0 Å². The van der Waals surface area contributed by atoms with Crippen LogP contribution in [0.5, 0.6) is 0 Å². The largest absolute Gasteiger partial charge is 0.463 e. The number of amides is 2. The van der Waals surface area contributed by atoms with E-state index in [0.29, 0.717) is 24.5 Å². The number of carbonyl (C=O) groups excluding carboxylic acids is 2. The van der Waals surface area contributed by atoms with Gasteiger partial charge < -0.3 is 20.2 Å². The van der Waals surface area contributed by atoms with Gasteiger partial charge in [0, 0.05) is 18.4 Å². The lowest BCUT2D eigenvalue weighted by Crippen LogP contribution is -2.39. The summed E-state index contributed by atoms with van der Waals surface area (Å²) in [5.41, 5.74) is -1.67. The van der Waals surface area contributed by atoms with Crippen LogP contribution in [0.1, 0.15) is 52.1 Å². The molecule has 0 fully saturated rings. The number of hydrogen-bond donors (Lipinski definition) is 3. The molecule has 1 aromatic heterocycles. The van der Waals surface area contributed by atoms with Crippen molar-refractivity contribution < 1.29 is 19.1 Å². The zero-order valence-electron chi connectivity index (χ0n) is 14.7. The highest BCUT2D eigenvalue weighted by Crippen LogP contribution is 2.21. The molecule has 130 valence electrons. The molecule has 0 aliphatic heterocycles. The standard InChI is InChI=1S/C17H28N2O4/c1-12-8-9-13(23-12)17(5,22)11-19-14(20)7-6-10-18-15(21)16(2,3)4/h8-9,22H,6-7,10-11H2,1-5H3,(H,18,21)(H,19,20). The zero-order chi connectivity index (χ0) is 17.7. The number of furan rings is 1. The van der Waals surface area contributed by atoms with Gasteiger partial charge in [-0.05, 0) is 32.4 Å². The molecule has 0 spiro atoms. The highest BCUT2D eigenvalue weighted by Gasteiger charge is 2.27. The first-order chi connectivity index (χ1) is 10.5. The van der Waals surface area contributed by atoms with E-state index in [4.69, 9.17) is 4.42 Å². The second-order valence-electron chi connectivity index (χ2n) is 7.07. The predicted octanol–water partition coefficient (Wildman–Crippen LogP) is 1.85. The third-order valence-electron chi connectivity index (χ3n) is 3.45. The maximum absolute atomic E-state index is 11.8. The molecule has 0 aromatic carbocycles. The monoisotopic (exact) mass is 324 g/mol. The fraction of sp³-hybridized carbons (Fsp3) is 0.647. The van der Waals surface area contributed by atoms with Crippen molar-refractivity contribution in [1.82, 2.24) is 10.6 Å². The lowest BCUT2D eigenvalue weighted by atomic mass is 9.96. The van der Waals surface area contributed by atoms with E-state index in [1.807, 2.05) is 20.8 Å². The van der Waals surface area contributed by atoms with E-state index in [2.05, 4.69) is 10.6 Å². The molecule has 0 aliphatic rings. The third-order valence-corrected chi connectivity index (χ3v) is 3.45. The molecule has 1 atom stereocenters. The average Bonchev–Trinajstić information content (AvgIpc) is 2.87. The number of nitrogens with one attached hydrogen (secondary N) is 2. The van der Waals surface area contributed by atoms with Crippen molar-refractivity contribution in [3.63, 3.8) is 0 Å². The summed E-state index contributed by atoms with van der Waals surface area (Å²) in [6.07, 6.45) is 0.841. The van der Waals surface area contributed by atoms with Gasteiger partial charge in [0.15, 0.2) is 0 Å². The zero-order valence-corrected chi connectivity index (χ0v) is 14.7. The van der Waals surface area contributed by atoms with E-state index in [-0.39, 0.29) is 24.8 Å². The Morgan fingerprint density at radius 1 is 1.17 bits per heavy atom. The Labute approximate surface area is 137 Å². The topological polar surface area (TPSA) is 91.6 Å². The van der Waals surface area contributed by atoms with Crippen LogP contribution in [0, 0.1) is 12.3 Å². The van der Waals surface area contributed by atoms with Gasteiger partial charge in [0.2, 0.25) is 11.8 Å². The van der Waals surface area contributed by atoms with Crippen LogP contribution in [-0.2, 0) is 15.2 Å². The molecule has 1 aromatic rings. The van der Waals surface area contributed by atoms with Gasteiger partial charge in [0.05, 0.1) is 6.54 Å². The quantitative estimate of drug-likeness (QED) is 0.668. The van der Waals surface area contributed by atoms with Crippen LogP contribution < -0.4 is 10.6 Å². The highest BCUT2D eigenvalue weighted by atomic mass is 16.4. The molecular weight excluding hydrogens is 296 g/mol. The number of rotatable bonds is 7. The maximum atomic E-state index is 11.8. The Kier molecular flexibility index (Phi) is 6.38. The van der Waals surface area contributed by atoms with Crippen molar-refractivity contribution in [2.45, 2.75) is 53.1 Å². The number of aryl methyl sites for hydroxylation is 1. The van der Waals surface area contributed by atoms with Gasteiger partial charge in [0.1, 0.15) is 17.1 Å². The fourth-order valence-electron chi connectivity index (χ4n) is 1.89. The summed E-state index contributed by atoms with van der Waals surface area (Å²) in [6, 6.07) is 3.47. The van der Waals surface area contributed by atoms with E-state index in [0.717, 1.165) is 0 Å². The Balaban J connectivity index is 2.28. The SMILES string of the molecule is Cc1ccc(C(C)(O)CNC(=O)CCCNC(=O)C(C)(C)C)o1. The molecule has 2 amide bonds. The molecule has 1 heterocycles. The van der Waals surface area contributed by atoms with Crippen LogP contribution >= 0.6 is 0 Å². The van der Waals surface area contributed by atoms with Crippen LogP contribution in [0.3, 0.4) is 0 Å². The summed E-state index contributed by atoms with van der Waals surface area (Å²) in [7, 11) is 0. The molecule has 23 heavy (non-hydrogen) atoms. The minimum atomic E-state index is -1.25. The third kappa shape index (κ3) is 6.44. The van der Waals surface area contributed by atoms with Gasteiger partial charge in [0.25, 0.3) is 0 Å². The average molecular weight is 324 g/mol. The van der Waals surface area contributed by atoms with E-state index >= 15 is 0 Å². The molecule has 0 aliphatic carbocycles. The van der Waals surface area contributed by atoms with Gasteiger partial charge in [-0.25, -0.2) is 0 Å². The second-order valence-corrected chi connectivity index (χ2v) is 7.07. The molecule has 0 saturated carbocycles. The minimum absolute atomic E-state index is 0.0333. The van der Waals surface area contributed by atoms with Crippen LogP contribution in [-0.4, -0.2) is 30.0 Å². The maximum Gasteiger partial charge on any atom is 0.225 e. The Morgan fingerprint density at radius 2 is 1.83 bits per heavy atom. The molecule has 0 saturated heterocycles. The number of aliphatic hydroxyl groups is 1.